The number of imidazole rings is 2. The molecule has 0 unspecified atom stereocenters. The van der Waals surface area contributed by atoms with Gasteiger partial charge in [0.25, 0.3) is 5.91 Å². The molecule has 0 saturated carbocycles. The van der Waals surface area contributed by atoms with Gasteiger partial charge >= 0.3 is 12.2 Å². The summed E-state index contributed by atoms with van der Waals surface area (Å²) in [5.41, 5.74) is 3.88. The number of fused-ring (bicyclic) bond motifs is 1. The van der Waals surface area contributed by atoms with Crippen LogP contribution in [0.15, 0.2) is 79.1 Å². The van der Waals surface area contributed by atoms with Crippen LogP contribution in [-0.4, -0.2) is 85.1 Å². The molecule has 2 aliphatic rings. The Hall–Kier alpha value is -6.62. The molecule has 0 spiro atoms. The highest BCUT2D eigenvalue weighted by atomic mass is 16.5. The molecule has 4 heterocycles. The Morgan fingerprint density at radius 3 is 2.18 bits per heavy atom. The number of nitrogens with zero attached hydrogens (tertiary/aromatic N) is 4. The molecule has 0 radical (unpaired) electrons. The van der Waals surface area contributed by atoms with Gasteiger partial charge in [0.15, 0.2) is 0 Å². The Bertz CT molecular complexity index is 2310. The van der Waals surface area contributed by atoms with Crippen LogP contribution in [0.2, 0.25) is 0 Å². The zero-order valence-electron chi connectivity index (χ0n) is 31.4. The Kier molecular flexibility index (Phi) is 11.0. The van der Waals surface area contributed by atoms with Gasteiger partial charge in [-0.1, -0.05) is 68.3 Å². The summed E-state index contributed by atoms with van der Waals surface area (Å²) >= 11 is 0. The molecule has 14 nitrogen and oxygen atoms in total. The molecule has 56 heavy (non-hydrogen) atoms. The summed E-state index contributed by atoms with van der Waals surface area (Å²) in [6.07, 6.45) is 4.61. The van der Waals surface area contributed by atoms with Crippen molar-refractivity contribution in [1.29, 1.82) is 0 Å². The first-order chi connectivity index (χ1) is 27.1. The minimum Gasteiger partial charge on any atom is -0.465 e. The predicted molar refractivity (Wildman–Crippen MR) is 208 cm³/mol. The number of carbonyl (C=O) groups is 4. The molecule has 4 atom stereocenters. The van der Waals surface area contributed by atoms with Crippen LogP contribution >= 0.6 is 0 Å². The number of aromatic nitrogens is 4. The summed E-state index contributed by atoms with van der Waals surface area (Å²) in [6, 6.07) is 19.0. The topological polar surface area (TPSA) is 186 Å². The molecule has 0 aliphatic carbocycles. The molecule has 5 N–H and O–H groups in total. The minimum atomic E-state index is -1.22. The van der Waals surface area contributed by atoms with Crippen molar-refractivity contribution in [3.05, 3.63) is 108 Å². The second-order valence-corrected chi connectivity index (χ2v) is 14.4. The van der Waals surface area contributed by atoms with Gasteiger partial charge < -0.3 is 40.2 Å². The highest BCUT2D eigenvalue weighted by Gasteiger charge is 2.38. The van der Waals surface area contributed by atoms with Crippen molar-refractivity contribution in [2.45, 2.75) is 63.7 Å². The molecule has 2 fully saturated rings. The molecule has 2 aromatic heterocycles. The molecule has 5 aromatic rings. The maximum Gasteiger partial charge on any atom is 0.407 e. The maximum absolute atomic E-state index is 13.8. The van der Waals surface area contributed by atoms with Crippen LogP contribution in [0.3, 0.4) is 0 Å². The molecule has 0 bridgehead atoms. The van der Waals surface area contributed by atoms with E-state index in [0.29, 0.717) is 36.0 Å². The van der Waals surface area contributed by atoms with Crippen LogP contribution in [0.4, 0.5) is 9.59 Å². The fraction of sp³-hybridized carbons (Fsp3) is 0.333. The van der Waals surface area contributed by atoms with E-state index in [-0.39, 0.29) is 29.8 Å². The number of methoxy groups -OCH3 is 1. The van der Waals surface area contributed by atoms with E-state index in [1.807, 2.05) is 62.4 Å². The van der Waals surface area contributed by atoms with Crippen molar-refractivity contribution in [3.8, 4) is 23.1 Å². The molecular weight excluding hydrogens is 713 g/mol. The molecule has 4 amide bonds. The number of alkyl carbamates (subject to hydrolysis) is 1. The van der Waals surface area contributed by atoms with E-state index in [2.05, 4.69) is 48.5 Å². The SMILES string of the molecule is COC(=O)N[C@@H](C(=O)N1CCC[C@H]1c1ncc(C#Cc2ccc3cc(-c4cnc([C@@H]5CCCN5C(=O)[C@@H](NC(=O)O)C(C)C)[nH]4)ccc3c2)[nH]1)c1ccccc1. The van der Waals surface area contributed by atoms with Crippen LogP contribution in [-0.2, 0) is 14.3 Å². The highest BCUT2D eigenvalue weighted by molar-refractivity contribution is 5.89. The van der Waals surface area contributed by atoms with Gasteiger partial charge in [-0.25, -0.2) is 19.6 Å². The lowest BCUT2D eigenvalue weighted by molar-refractivity contribution is -0.135. The van der Waals surface area contributed by atoms with E-state index < -0.39 is 24.3 Å². The van der Waals surface area contributed by atoms with Gasteiger partial charge in [-0.15, -0.1) is 0 Å². The van der Waals surface area contributed by atoms with Gasteiger partial charge in [-0.05, 0) is 72.1 Å². The molecule has 288 valence electrons. The van der Waals surface area contributed by atoms with Crippen molar-refractivity contribution in [2.24, 2.45) is 5.92 Å². The largest absolute Gasteiger partial charge is 0.465 e. The van der Waals surface area contributed by atoms with Crippen LogP contribution in [0.5, 0.6) is 0 Å². The van der Waals surface area contributed by atoms with Crippen molar-refractivity contribution < 1.29 is 29.0 Å². The number of hydrogen-bond acceptors (Lipinski definition) is 7. The average Bonchev–Trinajstić information content (AvgIpc) is 4.04. The fourth-order valence-corrected chi connectivity index (χ4v) is 7.58. The highest BCUT2D eigenvalue weighted by Crippen LogP contribution is 2.35. The third kappa shape index (κ3) is 8.07. The summed E-state index contributed by atoms with van der Waals surface area (Å²) < 4.78 is 4.80. The maximum atomic E-state index is 13.8. The lowest BCUT2D eigenvalue weighted by Crippen LogP contribution is -2.50. The summed E-state index contributed by atoms with van der Waals surface area (Å²) in [5, 5.41) is 16.4. The number of benzene rings is 3. The van der Waals surface area contributed by atoms with Crippen LogP contribution in [0.25, 0.3) is 22.0 Å². The third-order valence-electron chi connectivity index (χ3n) is 10.4. The molecular formula is C42H44N8O6. The number of H-pyrrole nitrogens is 2. The molecule has 2 aliphatic heterocycles. The second-order valence-electron chi connectivity index (χ2n) is 14.4. The molecule has 7 rings (SSSR count). The number of aromatic amines is 2. The normalized spacial score (nSPS) is 17.6. The third-order valence-corrected chi connectivity index (χ3v) is 10.4. The molecule has 14 heteroatoms. The number of carboxylic acid groups (broad SMARTS) is 1. The predicted octanol–water partition coefficient (Wildman–Crippen LogP) is 6.07. The van der Waals surface area contributed by atoms with E-state index >= 15 is 0 Å². The molecule has 2 saturated heterocycles. The summed E-state index contributed by atoms with van der Waals surface area (Å²) in [5.74, 6) is 7.05. The van der Waals surface area contributed by atoms with E-state index in [9.17, 15) is 24.3 Å². The van der Waals surface area contributed by atoms with Crippen LogP contribution in [0, 0.1) is 17.8 Å². The Balaban J connectivity index is 1.03. The first-order valence-corrected chi connectivity index (χ1v) is 18.8. The lowest BCUT2D eigenvalue weighted by atomic mass is 10.0. The number of rotatable bonds is 9. The van der Waals surface area contributed by atoms with Gasteiger partial charge in [-0.2, -0.15) is 0 Å². The van der Waals surface area contributed by atoms with E-state index in [1.54, 1.807) is 34.3 Å². The van der Waals surface area contributed by atoms with Crippen molar-refractivity contribution in [3.63, 3.8) is 0 Å². The monoisotopic (exact) mass is 756 g/mol. The van der Waals surface area contributed by atoms with Crippen molar-refractivity contribution >= 4 is 34.8 Å². The first kappa shape index (κ1) is 37.7. The van der Waals surface area contributed by atoms with Gasteiger partial charge in [0, 0.05) is 24.2 Å². The Morgan fingerprint density at radius 1 is 0.821 bits per heavy atom. The van der Waals surface area contributed by atoms with Gasteiger partial charge in [0.05, 0.1) is 37.3 Å². The van der Waals surface area contributed by atoms with Crippen molar-refractivity contribution in [2.75, 3.05) is 20.2 Å². The number of hydrogen-bond donors (Lipinski definition) is 5. The van der Waals surface area contributed by atoms with E-state index in [1.165, 1.54) is 7.11 Å². The fourth-order valence-electron chi connectivity index (χ4n) is 7.58. The number of amides is 4. The zero-order chi connectivity index (χ0) is 39.3. The quantitative estimate of drug-likeness (QED) is 0.112. The summed E-state index contributed by atoms with van der Waals surface area (Å²) in [7, 11) is 1.27. The summed E-state index contributed by atoms with van der Waals surface area (Å²) in [6.45, 7) is 4.73. The number of ether oxygens (including phenoxy) is 1. The van der Waals surface area contributed by atoms with Gasteiger partial charge in [0.2, 0.25) is 5.91 Å². The Labute approximate surface area is 324 Å². The number of nitrogens with one attached hydrogen (secondary N) is 4. The van der Waals surface area contributed by atoms with Crippen LogP contribution in [0.1, 0.15) is 86.1 Å². The minimum absolute atomic E-state index is 0.194. The zero-order valence-corrected chi connectivity index (χ0v) is 31.4. The number of likely N-dealkylation sites (tertiary alicyclic amines) is 2. The van der Waals surface area contributed by atoms with Gasteiger partial charge in [-0.3, -0.25) is 9.59 Å². The second kappa shape index (κ2) is 16.4. The number of carbonyl (C=O) groups excluding carboxylic acids is 3. The average molecular weight is 757 g/mol. The lowest BCUT2D eigenvalue weighted by Gasteiger charge is -2.29. The molecule has 3 aromatic carbocycles. The first-order valence-electron chi connectivity index (χ1n) is 18.8. The standard InChI is InChI=1S/C42H44N8O6/c1-25(2)35(47-41(53)54)39(51)49-19-8-12-34(49)38-44-24-32(46-38)30-17-16-28-21-26(13-15-29(28)22-30)14-18-31-23-43-37(45-31)33-11-7-20-50(33)40(52)36(48-42(55)56-3)27-9-5-4-6-10-27/h4-6,9-10,13,15-17,21-25,33-36,47H,7-8,11-12,19-20H2,1-3H3,(H,43,45)(H,44,46)(H,48,55)(H,53,54)/t33-,34-,35-,36+/m0/s1. The van der Waals surface area contributed by atoms with E-state index in [0.717, 1.165) is 53.3 Å². The smallest absolute Gasteiger partial charge is 0.407 e. The van der Waals surface area contributed by atoms with E-state index in [4.69, 9.17) is 4.74 Å². The summed E-state index contributed by atoms with van der Waals surface area (Å²) in [4.78, 5) is 70.2. The van der Waals surface area contributed by atoms with Crippen LogP contribution < -0.4 is 10.6 Å². The van der Waals surface area contributed by atoms with Crippen molar-refractivity contribution in [1.82, 2.24) is 40.4 Å². The Morgan fingerprint density at radius 2 is 1.48 bits per heavy atom. The van der Waals surface area contributed by atoms with Gasteiger partial charge in [0.1, 0.15) is 29.4 Å².